The first-order valence-corrected chi connectivity index (χ1v) is 23.6. The Kier molecular flexibility index (Phi) is 13.6. The number of aromatic nitrogens is 3. The van der Waals surface area contributed by atoms with Gasteiger partial charge in [-0.05, 0) is 71.8 Å². The highest BCUT2D eigenvalue weighted by Gasteiger charge is 2.45. The zero-order chi connectivity index (χ0) is 42.6. The number of amides is 2. The second kappa shape index (κ2) is 18.3. The molecule has 2 aliphatic rings. The number of fused-ring (bicyclic) bond motifs is 1. The number of hydrogen-bond acceptors (Lipinski definition) is 7. The third kappa shape index (κ3) is 9.85. The molecule has 318 valence electrons. The summed E-state index contributed by atoms with van der Waals surface area (Å²) < 4.78 is 16.9. The van der Waals surface area contributed by atoms with Crippen molar-refractivity contribution in [3.63, 3.8) is 0 Å². The number of benzene rings is 2. The second-order valence-corrected chi connectivity index (χ2v) is 23.8. The number of anilines is 1. The van der Waals surface area contributed by atoms with Gasteiger partial charge in [-0.1, -0.05) is 104 Å². The van der Waals surface area contributed by atoms with Crippen LogP contribution >= 0.6 is 0 Å². The summed E-state index contributed by atoms with van der Waals surface area (Å²) in [5.41, 5.74) is 6.64. The fourth-order valence-corrected chi connectivity index (χ4v) is 14.6. The molecule has 59 heavy (non-hydrogen) atoms. The van der Waals surface area contributed by atoms with E-state index in [9.17, 15) is 4.79 Å². The monoisotopic (exact) mass is 822 g/mol. The highest BCUT2D eigenvalue weighted by atomic mass is 28.4. The number of nitrogens with zero attached hydrogens (tertiary/aromatic N) is 5. The fourth-order valence-electron chi connectivity index (χ4n) is 9.13. The lowest BCUT2D eigenvalue weighted by Gasteiger charge is -2.43. The minimum absolute atomic E-state index is 0.199. The van der Waals surface area contributed by atoms with Gasteiger partial charge in [0, 0.05) is 50.8 Å². The zero-order valence-corrected chi connectivity index (χ0v) is 37.9. The van der Waals surface area contributed by atoms with Crippen LogP contribution in [0.1, 0.15) is 110 Å². The molecule has 0 radical (unpaired) electrons. The van der Waals surface area contributed by atoms with Crippen LogP contribution in [-0.2, 0) is 9.84 Å². The Bertz CT molecular complexity index is 2110. The lowest BCUT2D eigenvalue weighted by Crippen LogP contribution is -2.53. The summed E-state index contributed by atoms with van der Waals surface area (Å²) in [4.78, 5) is 18.1. The zero-order valence-electron chi connectivity index (χ0n) is 36.9. The topological polar surface area (TPSA) is 137 Å². The summed E-state index contributed by atoms with van der Waals surface area (Å²) in [6.07, 6.45) is 2.87. The summed E-state index contributed by atoms with van der Waals surface area (Å²) in [6, 6.07) is 21.1. The summed E-state index contributed by atoms with van der Waals surface area (Å²) in [7, 11) is -1.91. The Morgan fingerprint density at radius 2 is 1.54 bits per heavy atom. The maximum absolute atomic E-state index is 13.6. The minimum Gasteiger partial charge on any atom is -0.484 e. The van der Waals surface area contributed by atoms with Crippen molar-refractivity contribution < 1.29 is 14.0 Å². The number of aryl methyl sites for hydroxylation is 1. The van der Waals surface area contributed by atoms with Gasteiger partial charge in [-0.25, -0.2) is 9.48 Å². The maximum atomic E-state index is 13.6. The van der Waals surface area contributed by atoms with Gasteiger partial charge in [0.1, 0.15) is 23.2 Å². The molecular formula is C46H67N9O3Si. The average Bonchev–Trinajstić information content (AvgIpc) is 3.62. The molecule has 1 aliphatic heterocycles. The molecule has 2 atom stereocenters. The van der Waals surface area contributed by atoms with E-state index in [-0.39, 0.29) is 35.0 Å². The van der Waals surface area contributed by atoms with E-state index in [0.717, 1.165) is 54.3 Å². The quantitative estimate of drug-likeness (QED) is 0.0640. The Morgan fingerprint density at radius 1 is 0.898 bits per heavy atom. The van der Waals surface area contributed by atoms with Crippen LogP contribution in [0.15, 0.2) is 72.9 Å². The molecule has 1 fully saturated rings. The van der Waals surface area contributed by atoms with Gasteiger partial charge in [0.15, 0.2) is 8.32 Å². The second-order valence-electron chi connectivity index (χ2n) is 18.3. The molecule has 6 rings (SSSR count). The highest BCUT2D eigenvalue weighted by molar-refractivity contribution is 6.77. The van der Waals surface area contributed by atoms with Crippen molar-refractivity contribution in [3.8, 4) is 11.4 Å². The van der Waals surface area contributed by atoms with E-state index in [0.29, 0.717) is 54.1 Å². The van der Waals surface area contributed by atoms with Crippen LogP contribution in [-0.4, -0.2) is 83.8 Å². The Morgan fingerprint density at radius 3 is 2.17 bits per heavy atom. The van der Waals surface area contributed by atoms with E-state index in [1.54, 1.807) is 21.5 Å². The van der Waals surface area contributed by atoms with Crippen LogP contribution in [0.2, 0.25) is 16.6 Å². The summed E-state index contributed by atoms with van der Waals surface area (Å²) in [6.45, 7) is 27.1. The van der Waals surface area contributed by atoms with E-state index in [4.69, 9.17) is 25.1 Å². The summed E-state index contributed by atoms with van der Waals surface area (Å²) in [5, 5.41) is 29.0. The van der Waals surface area contributed by atoms with Crippen molar-refractivity contribution >= 4 is 26.1 Å². The fraction of sp³-hybridized carbons (Fsp3) is 0.522. The molecule has 13 heteroatoms. The number of urea groups is 1. The van der Waals surface area contributed by atoms with Gasteiger partial charge < -0.3 is 19.4 Å². The SMILES string of the molecule is Cc1ccc(-n2nc(C(C)(C)C)cc2NC(=O)NC2CCC(Oc3ccc(=N)n(C(=N)N4CCN(CCO[Si](C(C)C)(C(C)C)C(C)C)CC4)c3)c3ccccc32)cc1. The first-order chi connectivity index (χ1) is 28.0. The van der Waals surface area contributed by atoms with Crippen molar-refractivity contribution in [1.29, 1.82) is 10.8 Å². The van der Waals surface area contributed by atoms with E-state index >= 15 is 0 Å². The van der Waals surface area contributed by atoms with Gasteiger partial charge in [-0.3, -0.25) is 25.6 Å². The Labute approximate surface area is 352 Å². The van der Waals surface area contributed by atoms with Gasteiger partial charge in [0.2, 0.25) is 5.96 Å². The lowest BCUT2D eigenvalue weighted by atomic mass is 9.85. The predicted octanol–water partition coefficient (Wildman–Crippen LogP) is 9.13. The molecule has 3 heterocycles. The third-order valence-electron chi connectivity index (χ3n) is 12.3. The Hall–Kier alpha value is -4.72. The lowest BCUT2D eigenvalue weighted by molar-refractivity contribution is 0.145. The van der Waals surface area contributed by atoms with Crippen LogP contribution in [0.25, 0.3) is 5.69 Å². The molecule has 1 aliphatic carbocycles. The number of nitrogens with one attached hydrogen (secondary N) is 4. The number of carbonyl (C=O) groups excluding carboxylic acids is 1. The largest absolute Gasteiger partial charge is 0.484 e. The van der Waals surface area contributed by atoms with Crippen molar-refractivity contribution in [2.75, 3.05) is 44.6 Å². The van der Waals surface area contributed by atoms with Crippen LogP contribution < -0.4 is 20.9 Å². The molecule has 2 unspecified atom stereocenters. The number of piperazine rings is 1. The number of ether oxygens (including phenoxy) is 1. The molecular weight excluding hydrogens is 755 g/mol. The number of rotatable bonds is 12. The van der Waals surface area contributed by atoms with Crippen LogP contribution in [0.3, 0.4) is 0 Å². The molecule has 2 aromatic heterocycles. The van der Waals surface area contributed by atoms with E-state index < -0.39 is 8.32 Å². The molecule has 4 aromatic rings. The first kappa shape index (κ1) is 43.8. The first-order valence-electron chi connectivity index (χ1n) is 21.5. The standard InChI is InChI=1S/C46H67N9O3Si/c1-31(2)59(32(3)4,33(5)6)57-28-27-52-23-25-53(26-24-52)44(48)54-30-36(19-22-42(54)47)58-40-21-20-39(37-13-11-12-14-38(37)40)49-45(56)50-43-29-41(46(8,9)10)51-55(43)35-17-15-34(7)16-18-35/h11-19,22,29-33,39-40,47-48H,20-21,23-28H2,1-10H3,(H2,49,50,56). The van der Waals surface area contributed by atoms with E-state index in [1.807, 2.05) is 60.4 Å². The minimum atomic E-state index is -1.91. The third-order valence-corrected chi connectivity index (χ3v) is 18.4. The highest BCUT2D eigenvalue weighted by Crippen LogP contribution is 2.42. The van der Waals surface area contributed by atoms with Gasteiger partial charge >= 0.3 is 6.03 Å². The Balaban J connectivity index is 1.08. The molecule has 1 saturated heterocycles. The molecule has 4 N–H and O–H groups in total. The van der Waals surface area contributed by atoms with Crippen LogP contribution in [0, 0.1) is 17.7 Å². The van der Waals surface area contributed by atoms with E-state index in [1.165, 1.54) is 0 Å². The molecule has 2 amide bonds. The average molecular weight is 822 g/mol. The van der Waals surface area contributed by atoms with Crippen molar-refractivity contribution in [1.82, 2.24) is 29.5 Å². The normalized spacial score (nSPS) is 17.7. The van der Waals surface area contributed by atoms with Gasteiger partial charge in [0.25, 0.3) is 0 Å². The van der Waals surface area contributed by atoms with Gasteiger partial charge in [0.05, 0.1) is 23.6 Å². The van der Waals surface area contributed by atoms with Crippen molar-refractivity contribution in [2.45, 2.75) is 116 Å². The smallest absolute Gasteiger partial charge is 0.320 e. The van der Waals surface area contributed by atoms with Crippen LogP contribution in [0.4, 0.5) is 10.6 Å². The molecule has 2 aromatic carbocycles. The maximum Gasteiger partial charge on any atom is 0.320 e. The van der Waals surface area contributed by atoms with Gasteiger partial charge in [-0.15, -0.1) is 0 Å². The summed E-state index contributed by atoms with van der Waals surface area (Å²) in [5.74, 6) is 1.48. The predicted molar refractivity (Wildman–Crippen MR) is 239 cm³/mol. The van der Waals surface area contributed by atoms with Crippen molar-refractivity contribution in [2.24, 2.45) is 0 Å². The summed E-state index contributed by atoms with van der Waals surface area (Å²) >= 11 is 0. The number of pyridine rings is 1. The van der Waals surface area contributed by atoms with E-state index in [2.05, 4.69) is 90.0 Å². The van der Waals surface area contributed by atoms with Gasteiger partial charge in [-0.2, -0.15) is 5.10 Å². The number of hydrogen-bond donors (Lipinski definition) is 4. The van der Waals surface area contributed by atoms with Crippen molar-refractivity contribution in [3.05, 3.63) is 101 Å². The molecule has 12 nitrogen and oxygen atoms in total. The van der Waals surface area contributed by atoms with Crippen LogP contribution in [0.5, 0.6) is 5.75 Å². The molecule has 0 bridgehead atoms. The molecule has 0 spiro atoms. The molecule has 0 saturated carbocycles. The number of carbonyl (C=O) groups is 1.